The number of benzene rings is 1. The molecular formula is C13H19N. The molecule has 0 radical (unpaired) electrons. The van der Waals surface area contributed by atoms with Crippen molar-refractivity contribution in [1.82, 2.24) is 0 Å². The molecule has 0 saturated carbocycles. The van der Waals surface area contributed by atoms with Crippen molar-refractivity contribution in [2.45, 2.75) is 40.0 Å². The summed E-state index contributed by atoms with van der Waals surface area (Å²) in [6.07, 6.45) is 3.59. The zero-order valence-corrected chi connectivity index (χ0v) is 9.38. The number of nitrogens with zero attached hydrogens (tertiary/aromatic N) is 1. The summed E-state index contributed by atoms with van der Waals surface area (Å²) >= 11 is 0. The topological polar surface area (TPSA) is 12.4 Å². The molecule has 0 unspecified atom stereocenters. The Hall–Kier alpha value is -1.11. The molecule has 0 aliphatic heterocycles. The standard InChI is InChI=1S/C13H19N/c1-4-5-6-12(3)14-13-9-7-11(2)8-10-13/h7-10H,4-6H2,1-3H3. The largest absolute Gasteiger partial charge is 0.258 e. The first-order valence-corrected chi connectivity index (χ1v) is 5.33. The summed E-state index contributed by atoms with van der Waals surface area (Å²) in [7, 11) is 0. The quantitative estimate of drug-likeness (QED) is 0.627. The molecule has 0 fully saturated rings. The first kappa shape index (κ1) is 11.0. The summed E-state index contributed by atoms with van der Waals surface area (Å²) in [4.78, 5) is 4.55. The predicted octanol–water partition coefficient (Wildman–Crippen LogP) is 4.28. The molecule has 0 amide bonds. The van der Waals surface area contributed by atoms with Gasteiger partial charge in [0.05, 0.1) is 5.69 Å². The smallest absolute Gasteiger partial charge is 0.0629 e. The number of hydrogen-bond donors (Lipinski definition) is 0. The number of rotatable bonds is 4. The molecule has 1 aromatic rings. The summed E-state index contributed by atoms with van der Waals surface area (Å²) in [5.41, 5.74) is 3.59. The normalized spacial score (nSPS) is 11.8. The minimum absolute atomic E-state index is 1.07. The van der Waals surface area contributed by atoms with E-state index in [2.05, 4.69) is 50.0 Å². The molecule has 1 nitrogen and oxygen atoms in total. The van der Waals surface area contributed by atoms with Gasteiger partial charge >= 0.3 is 0 Å². The van der Waals surface area contributed by atoms with E-state index in [9.17, 15) is 0 Å². The summed E-state index contributed by atoms with van der Waals surface area (Å²) < 4.78 is 0. The maximum Gasteiger partial charge on any atom is 0.0629 e. The third-order valence-electron chi connectivity index (χ3n) is 2.25. The maximum absolute atomic E-state index is 4.55. The van der Waals surface area contributed by atoms with Crippen LogP contribution in [0.3, 0.4) is 0 Å². The van der Waals surface area contributed by atoms with E-state index in [1.165, 1.54) is 24.1 Å². The van der Waals surface area contributed by atoms with Gasteiger partial charge in [0, 0.05) is 5.71 Å². The van der Waals surface area contributed by atoms with E-state index in [0.717, 1.165) is 12.1 Å². The number of unbranched alkanes of at least 4 members (excludes halogenated alkanes) is 1. The van der Waals surface area contributed by atoms with Crippen molar-refractivity contribution < 1.29 is 0 Å². The van der Waals surface area contributed by atoms with Crippen LogP contribution in [0.4, 0.5) is 5.69 Å². The Bertz CT molecular complexity index is 296. The zero-order valence-electron chi connectivity index (χ0n) is 9.38. The van der Waals surface area contributed by atoms with Crippen LogP contribution >= 0.6 is 0 Å². The molecule has 0 aliphatic rings. The molecule has 0 aromatic heterocycles. The lowest BCUT2D eigenvalue weighted by Gasteiger charge is -1.99. The van der Waals surface area contributed by atoms with Gasteiger partial charge in [-0.25, -0.2) is 0 Å². The molecule has 0 atom stereocenters. The minimum Gasteiger partial charge on any atom is -0.258 e. The second-order valence-electron chi connectivity index (χ2n) is 3.79. The van der Waals surface area contributed by atoms with Crippen LogP contribution in [-0.2, 0) is 0 Å². The van der Waals surface area contributed by atoms with Gasteiger partial charge in [-0.2, -0.15) is 0 Å². The van der Waals surface area contributed by atoms with E-state index >= 15 is 0 Å². The van der Waals surface area contributed by atoms with E-state index in [4.69, 9.17) is 0 Å². The van der Waals surface area contributed by atoms with E-state index in [-0.39, 0.29) is 0 Å². The van der Waals surface area contributed by atoms with Crippen LogP contribution in [0.5, 0.6) is 0 Å². The SMILES string of the molecule is CCCCC(C)=Nc1ccc(C)cc1. The molecule has 14 heavy (non-hydrogen) atoms. The van der Waals surface area contributed by atoms with Crippen molar-refractivity contribution in [3.63, 3.8) is 0 Å². The van der Waals surface area contributed by atoms with Crippen LogP contribution in [-0.4, -0.2) is 5.71 Å². The maximum atomic E-state index is 4.55. The highest BCUT2D eigenvalue weighted by atomic mass is 14.7. The van der Waals surface area contributed by atoms with Crippen LogP contribution < -0.4 is 0 Å². The van der Waals surface area contributed by atoms with Crippen molar-refractivity contribution in [2.75, 3.05) is 0 Å². The number of hydrogen-bond acceptors (Lipinski definition) is 1. The lowest BCUT2D eigenvalue weighted by Crippen LogP contribution is -1.89. The molecule has 0 N–H and O–H groups in total. The Morgan fingerprint density at radius 3 is 2.43 bits per heavy atom. The fourth-order valence-electron chi connectivity index (χ4n) is 1.33. The minimum atomic E-state index is 1.07. The zero-order chi connectivity index (χ0) is 10.4. The third kappa shape index (κ3) is 3.73. The van der Waals surface area contributed by atoms with E-state index < -0.39 is 0 Å². The highest BCUT2D eigenvalue weighted by Gasteiger charge is 1.92. The van der Waals surface area contributed by atoms with E-state index in [1.807, 2.05) is 0 Å². The highest BCUT2D eigenvalue weighted by Crippen LogP contribution is 2.13. The van der Waals surface area contributed by atoms with Crippen molar-refractivity contribution in [3.05, 3.63) is 29.8 Å². The summed E-state index contributed by atoms with van der Waals surface area (Å²) in [6.45, 7) is 6.41. The molecule has 0 saturated heterocycles. The first-order valence-electron chi connectivity index (χ1n) is 5.33. The van der Waals surface area contributed by atoms with Crippen LogP contribution in [0.2, 0.25) is 0 Å². The summed E-state index contributed by atoms with van der Waals surface area (Å²) in [5.74, 6) is 0. The second-order valence-corrected chi connectivity index (χ2v) is 3.79. The van der Waals surface area contributed by atoms with Gasteiger partial charge < -0.3 is 0 Å². The number of aliphatic imine (C=N–C) groups is 1. The Labute approximate surface area is 86.9 Å². The van der Waals surface area contributed by atoms with Crippen molar-refractivity contribution in [2.24, 2.45) is 4.99 Å². The van der Waals surface area contributed by atoms with Crippen LogP contribution in [0.25, 0.3) is 0 Å². The number of aryl methyl sites for hydroxylation is 1. The fraction of sp³-hybridized carbons (Fsp3) is 0.462. The molecule has 0 bridgehead atoms. The lowest BCUT2D eigenvalue weighted by molar-refractivity contribution is 0.833. The second kappa shape index (κ2) is 5.58. The lowest BCUT2D eigenvalue weighted by atomic mass is 10.2. The monoisotopic (exact) mass is 189 g/mol. The Kier molecular flexibility index (Phi) is 4.37. The Balaban J connectivity index is 2.61. The van der Waals surface area contributed by atoms with Crippen molar-refractivity contribution in [3.8, 4) is 0 Å². The van der Waals surface area contributed by atoms with Crippen LogP contribution in [0, 0.1) is 6.92 Å². The van der Waals surface area contributed by atoms with E-state index in [1.54, 1.807) is 0 Å². The van der Waals surface area contributed by atoms with Crippen molar-refractivity contribution in [1.29, 1.82) is 0 Å². The molecule has 1 rings (SSSR count). The van der Waals surface area contributed by atoms with Gasteiger partial charge in [0.15, 0.2) is 0 Å². The Morgan fingerprint density at radius 2 is 1.86 bits per heavy atom. The highest BCUT2D eigenvalue weighted by molar-refractivity contribution is 5.84. The first-order chi connectivity index (χ1) is 6.72. The molecule has 1 heteroatoms. The summed E-state index contributed by atoms with van der Waals surface area (Å²) in [6, 6.07) is 8.35. The van der Waals surface area contributed by atoms with Gasteiger partial charge in [-0.3, -0.25) is 4.99 Å². The van der Waals surface area contributed by atoms with Crippen LogP contribution in [0.15, 0.2) is 29.3 Å². The predicted molar refractivity (Wildman–Crippen MR) is 63.5 cm³/mol. The van der Waals surface area contributed by atoms with Gasteiger partial charge in [-0.1, -0.05) is 31.0 Å². The van der Waals surface area contributed by atoms with Gasteiger partial charge in [-0.05, 0) is 38.8 Å². The van der Waals surface area contributed by atoms with E-state index in [0.29, 0.717) is 0 Å². The van der Waals surface area contributed by atoms with Gasteiger partial charge in [0.1, 0.15) is 0 Å². The van der Waals surface area contributed by atoms with Gasteiger partial charge in [0.2, 0.25) is 0 Å². The van der Waals surface area contributed by atoms with Gasteiger partial charge in [0.25, 0.3) is 0 Å². The molecule has 0 aliphatic carbocycles. The van der Waals surface area contributed by atoms with Gasteiger partial charge in [-0.15, -0.1) is 0 Å². The average Bonchev–Trinajstić information content (AvgIpc) is 2.18. The van der Waals surface area contributed by atoms with Crippen molar-refractivity contribution >= 4 is 11.4 Å². The third-order valence-corrected chi connectivity index (χ3v) is 2.25. The fourth-order valence-corrected chi connectivity index (χ4v) is 1.33. The summed E-state index contributed by atoms with van der Waals surface area (Å²) in [5, 5.41) is 0. The average molecular weight is 189 g/mol. The molecular weight excluding hydrogens is 170 g/mol. The molecule has 0 heterocycles. The molecule has 0 spiro atoms. The Morgan fingerprint density at radius 1 is 1.21 bits per heavy atom. The molecule has 76 valence electrons. The van der Waals surface area contributed by atoms with Crippen LogP contribution in [0.1, 0.15) is 38.7 Å². The molecule has 1 aromatic carbocycles.